The minimum Gasteiger partial charge on any atom is -0.511 e. The summed E-state index contributed by atoms with van der Waals surface area (Å²) in [5.41, 5.74) is -0.867. The van der Waals surface area contributed by atoms with E-state index in [0.717, 1.165) is 6.08 Å². The topological polar surface area (TPSA) is 54.4 Å². The van der Waals surface area contributed by atoms with Gasteiger partial charge in [-0.15, -0.1) is 0 Å². The number of hydrogen-bond acceptors (Lipinski definition) is 3. The molecule has 1 aliphatic rings. The molecule has 0 bridgehead atoms. The predicted molar refractivity (Wildman–Crippen MR) is 39.1 cm³/mol. The number of hydrogen-bond donors (Lipinski definition) is 1. The van der Waals surface area contributed by atoms with Crippen molar-refractivity contribution in [1.29, 1.82) is 0 Å². The highest BCUT2D eigenvalue weighted by Crippen LogP contribution is 2.30. The van der Waals surface area contributed by atoms with Crippen LogP contribution in [0.4, 0.5) is 0 Å². The zero-order chi connectivity index (χ0) is 8.65. The fourth-order valence-electron chi connectivity index (χ4n) is 0.906. The van der Waals surface area contributed by atoms with Crippen LogP contribution >= 0.6 is 0 Å². The number of rotatable bonds is 0. The number of allylic oxidation sites excluding steroid dienone is 2. The van der Waals surface area contributed by atoms with Gasteiger partial charge in [-0.2, -0.15) is 0 Å². The molecule has 0 atom stereocenters. The second kappa shape index (κ2) is 2.19. The van der Waals surface area contributed by atoms with E-state index in [1.165, 1.54) is 0 Å². The molecule has 1 aliphatic carbocycles. The van der Waals surface area contributed by atoms with Crippen molar-refractivity contribution in [3.63, 3.8) is 0 Å². The van der Waals surface area contributed by atoms with Gasteiger partial charge in [-0.3, -0.25) is 9.59 Å². The van der Waals surface area contributed by atoms with Crippen LogP contribution in [0.15, 0.2) is 11.8 Å². The Hall–Kier alpha value is -1.12. The summed E-state index contributed by atoms with van der Waals surface area (Å²) in [4.78, 5) is 21.8. The summed E-state index contributed by atoms with van der Waals surface area (Å²) < 4.78 is 0. The van der Waals surface area contributed by atoms with Crippen LogP contribution in [0, 0.1) is 5.41 Å². The first-order valence-electron chi connectivity index (χ1n) is 3.42. The Kier molecular flexibility index (Phi) is 1.59. The smallest absolute Gasteiger partial charge is 0.166 e. The van der Waals surface area contributed by atoms with Crippen LogP contribution in [-0.4, -0.2) is 16.7 Å². The molecule has 0 aliphatic heterocycles. The van der Waals surface area contributed by atoms with Gasteiger partial charge in [0.1, 0.15) is 5.76 Å². The van der Waals surface area contributed by atoms with Gasteiger partial charge < -0.3 is 5.11 Å². The Bertz CT molecular complexity index is 248. The third-order valence-electron chi connectivity index (χ3n) is 1.97. The minimum atomic E-state index is -0.867. The van der Waals surface area contributed by atoms with Gasteiger partial charge in [-0.1, -0.05) is 0 Å². The highest BCUT2D eigenvalue weighted by Gasteiger charge is 2.36. The summed E-state index contributed by atoms with van der Waals surface area (Å²) in [7, 11) is 0. The standard InChI is InChI=1S/C8H10O3/c1-8(2)6(10)3-5(9)4-7(8)11/h3,10H,4H2,1-2H3. The van der Waals surface area contributed by atoms with E-state index in [9.17, 15) is 14.7 Å². The lowest BCUT2D eigenvalue weighted by Crippen LogP contribution is -2.32. The van der Waals surface area contributed by atoms with Gasteiger partial charge in [-0.25, -0.2) is 0 Å². The van der Waals surface area contributed by atoms with Gasteiger partial charge in [0.25, 0.3) is 0 Å². The summed E-state index contributed by atoms with van der Waals surface area (Å²) in [5.74, 6) is -0.659. The summed E-state index contributed by atoms with van der Waals surface area (Å²) in [5, 5.41) is 9.20. The van der Waals surface area contributed by atoms with E-state index in [-0.39, 0.29) is 23.7 Å². The molecule has 0 spiro atoms. The molecule has 11 heavy (non-hydrogen) atoms. The summed E-state index contributed by atoms with van der Waals surface area (Å²) >= 11 is 0. The molecule has 0 aromatic heterocycles. The maximum absolute atomic E-state index is 11.1. The SMILES string of the molecule is CC1(C)C(=O)CC(=O)C=C1O. The summed E-state index contributed by atoms with van der Waals surface area (Å²) in [6.07, 6.45) is 1.04. The molecule has 0 aromatic carbocycles. The lowest BCUT2D eigenvalue weighted by atomic mass is 9.79. The lowest BCUT2D eigenvalue weighted by Gasteiger charge is -2.24. The van der Waals surface area contributed by atoms with Crippen molar-refractivity contribution in [3.8, 4) is 0 Å². The fraction of sp³-hybridized carbons (Fsp3) is 0.500. The first-order valence-corrected chi connectivity index (χ1v) is 3.42. The molecule has 0 fully saturated rings. The van der Waals surface area contributed by atoms with Crippen LogP contribution in [0.25, 0.3) is 0 Å². The average Bonchev–Trinajstić information content (AvgIpc) is 1.84. The van der Waals surface area contributed by atoms with Crippen molar-refractivity contribution in [1.82, 2.24) is 0 Å². The highest BCUT2D eigenvalue weighted by molar-refractivity contribution is 6.10. The van der Waals surface area contributed by atoms with Crippen LogP contribution in [0.3, 0.4) is 0 Å². The van der Waals surface area contributed by atoms with E-state index in [0.29, 0.717) is 0 Å². The van der Waals surface area contributed by atoms with E-state index in [1.54, 1.807) is 13.8 Å². The van der Waals surface area contributed by atoms with Gasteiger partial charge in [0, 0.05) is 6.08 Å². The quantitative estimate of drug-likeness (QED) is 0.529. The van der Waals surface area contributed by atoms with Gasteiger partial charge in [0.05, 0.1) is 11.8 Å². The van der Waals surface area contributed by atoms with Crippen LogP contribution in [0.5, 0.6) is 0 Å². The van der Waals surface area contributed by atoms with E-state index in [2.05, 4.69) is 0 Å². The Balaban J connectivity index is 3.09. The van der Waals surface area contributed by atoms with Gasteiger partial charge in [0.15, 0.2) is 11.6 Å². The monoisotopic (exact) mass is 154 g/mol. The Morgan fingerprint density at radius 3 is 2.45 bits per heavy atom. The fourth-order valence-corrected chi connectivity index (χ4v) is 0.906. The number of aliphatic hydroxyl groups excluding tert-OH is 1. The van der Waals surface area contributed by atoms with Gasteiger partial charge in [-0.05, 0) is 13.8 Å². The van der Waals surface area contributed by atoms with Crippen molar-refractivity contribution in [2.75, 3.05) is 0 Å². The summed E-state index contributed by atoms with van der Waals surface area (Å²) in [6.45, 7) is 3.21. The molecular formula is C8H10O3. The Labute approximate surface area is 64.7 Å². The Morgan fingerprint density at radius 1 is 1.45 bits per heavy atom. The molecule has 0 saturated carbocycles. The molecule has 0 aromatic rings. The maximum atomic E-state index is 11.1. The third-order valence-corrected chi connectivity index (χ3v) is 1.97. The van der Waals surface area contributed by atoms with E-state index < -0.39 is 5.41 Å². The van der Waals surface area contributed by atoms with Crippen molar-refractivity contribution in [2.24, 2.45) is 5.41 Å². The number of carbonyl (C=O) groups is 2. The second-order valence-corrected chi connectivity index (χ2v) is 3.22. The van der Waals surface area contributed by atoms with Crippen LogP contribution in [0.2, 0.25) is 0 Å². The molecule has 3 nitrogen and oxygen atoms in total. The minimum absolute atomic E-state index is 0.0863. The van der Waals surface area contributed by atoms with Crippen molar-refractivity contribution in [2.45, 2.75) is 20.3 Å². The van der Waals surface area contributed by atoms with E-state index in [1.807, 2.05) is 0 Å². The molecule has 0 unspecified atom stereocenters. The first kappa shape index (κ1) is 7.98. The molecule has 0 amide bonds. The van der Waals surface area contributed by atoms with Crippen molar-refractivity contribution >= 4 is 11.6 Å². The second-order valence-electron chi connectivity index (χ2n) is 3.22. The van der Waals surface area contributed by atoms with E-state index >= 15 is 0 Å². The number of ketones is 2. The number of carbonyl (C=O) groups excluding carboxylic acids is 2. The van der Waals surface area contributed by atoms with Crippen LogP contribution in [-0.2, 0) is 9.59 Å². The molecule has 1 rings (SSSR count). The molecule has 1 N–H and O–H groups in total. The molecule has 0 heterocycles. The number of aliphatic hydroxyl groups is 1. The third kappa shape index (κ3) is 1.18. The average molecular weight is 154 g/mol. The van der Waals surface area contributed by atoms with Crippen molar-refractivity contribution in [3.05, 3.63) is 11.8 Å². The predicted octanol–water partition coefficient (Wildman–Crippen LogP) is 0.996. The zero-order valence-corrected chi connectivity index (χ0v) is 6.55. The highest BCUT2D eigenvalue weighted by atomic mass is 16.3. The van der Waals surface area contributed by atoms with Gasteiger partial charge in [0.2, 0.25) is 0 Å². The van der Waals surface area contributed by atoms with Crippen LogP contribution in [0.1, 0.15) is 20.3 Å². The van der Waals surface area contributed by atoms with Crippen LogP contribution < -0.4 is 0 Å². The normalized spacial score (nSPS) is 23.3. The van der Waals surface area contributed by atoms with E-state index in [4.69, 9.17) is 0 Å². The Morgan fingerprint density at radius 2 is 2.00 bits per heavy atom. The zero-order valence-electron chi connectivity index (χ0n) is 6.55. The molecular weight excluding hydrogens is 144 g/mol. The molecule has 0 radical (unpaired) electrons. The lowest BCUT2D eigenvalue weighted by molar-refractivity contribution is -0.132. The molecule has 0 saturated heterocycles. The molecule has 3 heteroatoms. The molecule has 60 valence electrons. The summed E-state index contributed by atoms with van der Waals surface area (Å²) in [6, 6.07) is 0. The number of Topliss-reactive ketones (excluding diaryl/α,β-unsaturated/α-hetero) is 1. The largest absolute Gasteiger partial charge is 0.511 e. The van der Waals surface area contributed by atoms with Gasteiger partial charge >= 0.3 is 0 Å². The van der Waals surface area contributed by atoms with Crippen molar-refractivity contribution < 1.29 is 14.7 Å². The first-order chi connectivity index (χ1) is 4.94. The maximum Gasteiger partial charge on any atom is 0.166 e.